The summed E-state index contributed by atoms with van der Waals surface area (Å²) in [4.78, 5) is 13.7. The van der Waals surface area contributed by atoms with Gasteiger partial charge in [0.15, 0.2) is 0 Å². The molecule has 3 heterocycles. The van der Waals surface area contributed by atoms with Gasteiger partial charge in [-0.3, -0.25) is 0 Å². The van der Waals surface area contributed by atoms with E-state index >= 15 is 0 Å². The van der Waals surface area contributed by atoms with Gasteiger partial charge in [-0.15, -0.1) is 0 Å². The van der Waals surface area contributed by atoms with Crippen LogP contribution < -0.4 is 15.9 Å². The molecule has 0 atom stereocenters. The summed E-state index contributed by atoms with van der Waals surface area (Å²) in [6, 6.07) is 6.09. The Bertz CT molecular complexity index is 913. The van der Waals surface area contributed by atoms with Crippen molar-refractivity contribution in [1.82, 2.24) is 18.7 Å². The summed E-state index contributed by atoms with van der Waals surface area (Å²) in [6.45, 7) is 3.11. The fourth-order valence-corrected chi connectivity index (χ4v) is 3.38. The largest absolute Gasteiger partial charge is 0.487 e. The zero-order chi connectivity index (χ0) is 14.7. The number of rotatable bonds is 3. The maximum Gasteiger partial charge on any atom is 0.367 e. The van der Waals surface area contributed by atoms with E-state index in [0.717, 1.165) is 22.7 Å². The Morgan fingerprint density at radius 3 is 2.95 bits per heavy atom. The number of aromatic nitrogens is 4. The maximum absolute atomic E-state index is 11.8. The minimum absolute atomic E-state index is 0.0167. The lowest BCUT2D eigenvalue weighted by Crippen LogP contribution is -2.47. The van der Waals surface area contributed by atoms with Crippen molar-refractivity contribution in [3.63, 3.8) is 0 Å². The number of halogens is 1. The van der Waals surface area contributed by atoms with E-state index in [1.807, 2.05) is 23.8 Å². The Morgan fingerprint density at radius 2 is 2.24 bits per heavy atom. The lowest BCUT2D eigenvalue weighted by Gasteiger charge is -2.18. The number of hydrogen-bond acceptors (Lipinski definition) is 3. The molecule has 0 aliphatic carbocycles. The van der Waals surface area contributed by atoms with E-state index in [-0.39, 0.29) is 5.69 Å². The van der Waals surface area contributed by atoms with Crippen LogP contribution in [0, 0.1) is 10.5 Å². The van der Waals surface area contributed by atoms with Gasteiger partial charge in [0.1, 0.15) is 18.1 Å². The first kappa shape index (κ1) is 12.9. The number of benzene rings is 1. The second kappa shape index (κ2) is 4.33. The van der Waals surface area contributed by atoms with Crippen molar-refractivity contribution in [3.05, 3.63) is 49.2 Å². The maximum atomic E-state index is 11.8. The third-order valence-corrected chi connectivity index (χ3v) is 4.50. The van der Waals surface area contributed by atoms with Crippen LogP contribution in [0.1, 0.15) is 17.0 Å². The number of fused-ring (bicyclic) bond motifs is 5. The summed E-state index contributed by atoms with van der Waals surface area (Å²) < 4.78 is 12.1. The van der Waals surface area contributed by atoms with Crippen LogP contribution in [0.2, 0.25) is 0 Å². The van der Waals surface area contributed by atoms with Crippen LogP contribution in [0.5, 0.6) is 5.75 Å². The molecule has 1 aliphatic rings. The van der Waals surface area contributed by atoms with E-state index in [2.05, 4.69) is 34.1 Å². The number of ether oxygens (including phenoxy) is 1. The summed E-state index contributed by atoms with van der Waals surface area (Å²) >= 11 is 2.28. The molecule has 1 aliphatic heterocycles. The standard InChI is InChI=1S/C13H14IN5O2/c1-8-5-9(14)3-4-12(8)21-7-11-10-6-15-18(11)19-16(2)13(20)17(10)19/h3-5,15H,6-7H2,1-2H3. The highest BCUT2D eigenvalue weighted by molar-refractivity contribution is 14.1. The third-order valence-electron chi connectivity index (χ3n) is 3.83. The lowest BCUT2D eigenvalue weighted by atomic mass is 10.2. The first-order valence-corrected chi connectivity index (χ1v) is 7.68. The van der Waals surface area contributed by atoms with Crippen LogP contribution in [0.3, 0.4) is 0 Å². The summed E-state index contributed by atoms with van der Waals surface area (Å²) in [5.74, 6) is 0.869. The lowest BCUT2D eigenvalue weighted by molar-refractivity contribution is 0.281. The zero-order valence-corrected chi connectivity index (χ0v) is 13.8. The van der Waals surface area contributed by atoms with Crippen molar-refractivity contribution in [2.24, 2.45) is 7.05 Å². The van der Waals surface area contributed by atoms with E-state index in [0.29, 0.717) is 13.2 Å². The number of nitrogens with zero attached hydrogens (tertiary/aromatic N) is 4. The third kappa shape index (κ3) is 1.68. The van der Waals surface area contributed by atoms with Crippen molar-refractivity contribution in [1.29, 1.82) is 0 Å². The van der Waals surface area contributed by atoms with Crippen LogP contribution in [-0.4, -0.2) is 18.7 Å². The van der Waals surface area contributed by atoms with Gasteiger partial charge in [-0.05, 0) is 53.3 Å². The van der Waals surface area contributed by atoms with Gasteiger partial charge in [-0.1, -0.05) is 4.74 Å². The number of aryl methyl sites for hydroxylation is 2. The van der Waals surface area contributed by atoms with Gasteiger partial charge >= 0.3 is 5.69 Å². The first-order valence-electron chi connectivity index (χ1n) is 6.60. The molecule has 7 nitrogen and oxygen atoms in total. The average molecular weight is 399 g/mol. The van der Waals surface area contributed by atoms with E-state index in [4.69, 9.17) is 4.74 Å². The van der Waals surface area contributed by atoms with Gasteiger partial charge in [0.05, 0.1) is 12.2 Å². The molecule has 0 radical (unpaired) electrons. The topological polar surface area (TPSA) is 57.0 Å². The number of nitrogens with one attached hydrogen (secondary N) is 1. The molecule has 0 fully saturated rings. The second-order valence-electron chi connectivity index (χ2n) is 5.12. The Labute approximate surface area is 133 Å². The van der Waals surface area contributed by atoms with Crippen LogP contribution in [-0.2, 0) is 20.2 Å². The highest BCUT2D eigenvalue weighted by atomic mass is 127. The molecular formula is C13H14IN5O2. The van der Waals surface area contributed by atoms with Gasteiger partial charge < -0.3 is 10.2 Å². The quantitative estimate of drug-likeness (QED) is 0.671. The summed E-state index contributed by atoms with van der Waals surface area (Å²) in [6.07, 6.45) is 0. The monoisotopic (exact) mass is 399 g/mol. The first-order chi connectivity index (χ1) is 10.1. The minimum Gasteiger partial charge on any atom is -0.487 e. The molecule has 2 aromatic heterocycles. The second-order valence-corrected chi connectivity index (χ2v) is 6.37. The predicted octanol–water partition coefficient (Wildman–Crippen LogP) is 1.09. The Kier molecular flexibility index (Phi) is 2.65. The molecule has 3 aromatic rings. The molecule has 1 aromatic carbocycles. The fourth-order valence-electron chi connectivity index (χ4n) is 2.74. The molecule has 4 rings (SSSR count). The van der Waals surface area contributed by atoms with E-state index in [1.165, 1.54) is 3.57 Å². The van der Waals surface area contributed by atoms with Crippen molar-refractivity contribution >= 4 is 22.6 Å². The van der Waals surface area contributed by atoms with Gasteiger partial charge in [0.2, 0.25) is 0 Å². The number of hydrogen-bond donors (Lipinski definition) is 1. The molecule has 0 unspecified atom stereocenters. The van der Waals surface area contributed by atoms with E-state index in [9.17, 15) is 4.79 Å². The van der Waals surface area contributed by atoms with Crippen molar-refractivity contribution in [2.75, 3.05) is 5.43 Å². The van der Waals surface area contributed by atoms with Gasteiger partial charge in [0.25, 0.3) is 0 Å². The molecule has 21 heavy (non-hydrogen) atoms. The van der Waals surface area contributed by atoms with Gasteiger partial charge in [0, 0.05) is 10.6 Å². The molecule has 8 heteroatoms. The van der Waals surface area contributed by atoms with E-state index in [1.54, 1.807) is 21.0 Å². The van der Waals surface area contributed by atoms with Crippen molar-refractivity contribution in [3.8, 4) is 5.75 Å². The minimum atomic E-state index is -0.0167. The Morgan fingerprint density at radius 1 is 1.43 bits per heavy atom. The van der Waals surface area contributed by atoms with Crippen molar-refractivity contribution < 1.29 is 4.74 Å². The smallest absolute Gasteiger partial charge is 0.367 e. The van der Waals surface area contributed by atoms with Crippen LogP contribution in [0.25, 0.3) is 0 Å². The SMILES string of the molecule is Cc1cc(I)ccc1OCc1c2n3c(=O)n(C)n3n1NC2. The van der Waals surface area contributed by atoms with Crippen LogP contribution in [0.15, 0.2) is 23.0 Å². The summed E-state index contributed by atoms with van der Waals surface area (Å²) in [5.41, 5.74) is 6.25. The fraction of sp³-hybridized carbons (Fsp3) is 0.308. The predicted molar refractivity (Wildman–Crippen MR) is 85.4 cm³/mol. The Balaban J connectivity index is 1.67. The highest BCUT2D eigenvalue weighted by Crippen LogP contribution is 2.23. The van der Waals surface area contributed by atoms with Crippen molar-refractivity contribution in [2.45, 2.75) is 20.1 Å². The molecule has 0 spiro atoms. The molecule has 0 saturated heterocycles. The van der Waals surface area contributed by atoms with Crippen LogP contribution >= 0.6 is 22.6 Å². The molecule has 110 valence electrons. The molecule has 0 amide bonds. The molecule has 2 bridgehead atoms. The van der Waals surface area contributed by atoms with E-state index < -0.39 is 0 Å². The summed E-state index contributed by atoms with van der Waals surface area (Å²) in [7, 11) is 1.74. The average Bonchev–Trinajstić information content (AvgIpc) is 2.98. The molecule has 0 saturated carbocycles. The summed E-state index contributed by atoms with van der Waals surface area (Å²) in [5, 5.41) is 0. The normalized spacial score (nSPS) is 13.1. The van der Waals surface area contributed by atoms with Crippen LogP contribution in [0.4, 0.5) is 0 Å². The van der Waals surface area contributed by atoms with Gasteiger partial charge in [-0.25, -0.2) is 9.48 Å². The molecule has 1 N–H and O–H groups in total. The zero-order valence-electron chi connectivity index (χ0n) is 11.6. The Hall–Kier alpha value is -1.84. The highest BCUT2D eigenvalue weighted by Gasteiger charge is 2.29. The molecular weight excluding hydrogens is 385 g/mol. The van der Waals surface area contributed by atoms with Gasteiger partial charge in [-0.2, -0.15) is 9.31 Å².